The van der Waals surface area contributed by atoms with Gasteiger partial charge < -0.3 is 23.9 Å². The number of ether oxygens (including phenoxy) is 1. The minimum absolute atomic E-state index is 0.0410. The molecule has 1 aromatic heterocycles. The molecule has 7 rings (SSSR count). The molecule has 3 aliphatic rings. The van der Waals surface area contributed by atoms with Crippen molar-refractivity contribution in [3.63, 3.8) is 0 Å². The molecule has 15 heteroatoms. The van der Waals surface area contributed by atoms with Gasteiger partial charge in [-0.1, -0.05) is 30.3 Å². The zero-order valence-electron chi connectivity index (χ0n) is 32.8. The van der Waals surface area contributed by atoms with Crippen LogP contribution in [-0.2, 0) is 33.3 Å². The van der Waals surface area contributed by atoms with Gasteiger partial charge in [-0.15, -0.1) is 0 Å². The van der Waals surface area contributed by atoms with Crippen LogP contribution in [-0.4, -0.2) is 90.5 Å². The summed E-state index contributed by atoms with van der Waals surface area (Å²) in [5, 5.41) is -0.222. The van der Waals surface area contributed by atoms with Crippen LogP contribution in [0.25, 0.3) is 11.0 Å². The number of hydrogen-bond acceptors (Lipinski definition) is 8. The van der Waals surface area contributed by atoms with Gasteiger partial charge in [0.05, 0.1) is 29.8 Å². The van der Waals surface area contributed by atoms with Crippen LogP contribution >= 0.6 is 0 Å². The van der Waals surface area contributed by atoms with Crippen molar-refractivity contribution in [3.05, 3.63) is 110 Å². The van der Waals surface area contributed by atoms with E-state index >= 15 is 0 Å². The molecule has 0 N–H and O–H groups in total. The second-order valence-electron chi connectivity index (χ2n) is 15.7. The molecule has 3 aromatic carbocycles. The molecule has 0 saturated carbocycles. The fraction of sp³-hybridized carbons (Fsp3) is 0.409. The molecule has 1 saturated heterocycles. The number of amides is 3. The van der Waals surface area contributed by atoms with Gasteiger partial charge in [0.2, 0.25) is 11.8 Å². The Morgan fingerprint density at radius 1 is 0.864 bits per heavy atom. The second kappa shape index (κ2) is 16.9. The molecule has 310 valence electrons. The molecule has 4 heterocycles. The normalized spacial score (nSPS) is 16.5. The number of Topliss-reactive ketones (excluding diaryl/α,β-unsaturated/α-hetero) is 1. The van der Waals surface area contributed by atoms with E-state index in [1.807, 2.05) is 26.0 Å². The van der Waals surface area contributed by atoms with Crippen molar-refractivity contribution < 1.29 is 45.9 Å². The fourth-order valence-corrected chi connectivity index (χ4v) is 8.08. The lowest BCUT2D eigenvalue weighted by Crippen LogP contribution is -2.51. The lowest BCUT2D eigenvalue weighted by Gasteiger charge is -2.43. The minimum Gasteiger partial charge on any atom is -0.423 e. The van der Waals surface area contributed by atoms with Gasteiger partial charge in [-0.3, -0.25) is 24.2 Å². The Morgan fingerprint density at radius 2 is 1.59 bits per heavy atom. The molecule has 3 amide bonds. The lowest BCUT2D eigenvalue weighted by molar-refractivity contribution is -0.136. The molecule has 59 heavy (non-hydrogen) atoms. The Hall–Kier alpha value is -5.70. The number of piperazine rings is 1. The van der Waals surface area contributed by atoms with Crippen LogP contribution in [0.4, 0.5) is 23.2 Å². The fourth-order valence-electron chi connectivity index (χ4n) is 8.08. The highest BCUT2D eigenvalue weighted by Crippen LogP contribution is 2.42. The van der Waals surface area contributed by atoms with E-state index < -0.39 is 34.6 Å². The first-order chi connectivity index (χ1) is 28.1. The molecule has 4 aromatic rings. The molecule has 0 unspecified atom stereocenters. The monoisotopic (exact) mass is 816 g/mol. The first kappa shape index (κ1) is 41.5. The number of halogens is 4. The van der Waals surface area contributed by atoms with Gasteiger partial charge >= 0.3 is 11.8 Å². The number of nitrogens with zero attached hydrogens (tertiary/aromatic N) is 4. The number of anilines is 1. The van der Waals surface area contributed by atoms with Crippen LogP contribution in [0.2, 0.25) is 0 Å². The first-order valence-corrected chi connectivity index (χ1v) is 19.7. The standard InChI is InChI=1S/C44H44F4N4O7/c1-43(2)14-12-28-23-31-33(44(46,47)48)24-41(56)59-38(31)25-36(28)52(43)40(55)9-5-6-19-58-20-13-39(54)50-15-17-51(18-16-50)42(57)32-21-27(10-11-34(32)45)22-35-29-7-3-4-8-30(29)37(53)26-49-35/h3-4,7-8,10-11,21,23-25H,5-6,9,12-20,22,26H2,1-2H3. The number of benzene rings is 3. The van der Waals surface area contributed by atoms with Crippen molar-refractivity contribution in [2.45, 2.75) is 70.5 Å². The number of carbonyl (C=O) groups is 4. The Kier molecular flexibility index (Phi) is 11.9. The Morgan fingerprint density at radius 3 is 2.34 bits per heavy atom. The lowest BCUT2D eigenvalue weighted by atomic mass is 9.85. The van der Waals surface area contributed by atoms with Crippen LogP contribution in [0.1, 0.15) is 88.9 Å². The maximum absolute atomic E-state index is 14.9. The minimum atomic E-state index is -4.75. The van der Waals surface area contributed by atoms with Crippen molar-refractivity contribution in [2.75, 3.05) is 50.8 Å². The van der Waals surface area contributed by atoms with E-state index in [1.165, 1.54) is 29.2 Å². The molecule has 1 fully saturated rings. The number of ketones is 1. The number of alkyl halides is 3. The van der Waals surface area contributed by atoms with Crippen molar-refractivity contribution >= 4 is 45.9 Å². The van der Waals surface area contributed by atoms with Crippen LogP contribution in [0.15, 0.2) is 74.9 Å². The summed E-state index contributed by atoms with van der Waals surface area (Å²) in [6.45, 7) is 5.34. The highest BCUT2D eigenvalue weighted by Gasteiger charge is 2.39. The number of fused-ring (bicyclic) bond motifs is 3. The molecule has 11 nitrogen and oxygen atoms in total. The van der Waals surface area contributed by atoms with Gasteiger partial charge in [-0.25, -0.2) is 9.18 Å². The second-order valence-corrected chi connectivity index (χ2v) is 15.7. The molecule has 0 bridgehead atoms. The number of aryl methyl sites for hydroxylation is 1. The largest absolute Gasteiger partial charge is 0.423 e. The Bertz CT molecular complexity index is 2400. The third-order valence-corrected chi connectivity index (χ3v) is 11.2. The van der Waals surface area contributed by atoms with Crippen LogP contribution in [0.3, 0.4) is 0 Å². The highest BCUT2D eigenvalue weighted by atomic mass is 19.4. The van der Waals surface area contributed by atoms with Crippen molar-refractivity contribution in [3.8, 4) is 0 Å². The van der Waals surface area contributed by atoms with Crippen molar-refractivity contribution in [2.24, 2.45) is 4.99 Å². The number of unbranched alkanes of at least 4 members (excludes halogenated alkanes) is 1. The molecule has 3 aliphatic heterocycles. The molecule has 0 spiro atoms. The van der Waals surface area contributed by atoms with Gasteiger partial charge in [-0.2, -0.15) is 13.2 Å². The van der Waals surface area contributed by atoms with E-state index in [4.69, 9.17) is 9.15 Å². The van der Waals surface area contributed by atoms with Crippen LogP contribution < -0.4 is 10.5 Å². The number of carbonyl (C=O) groups excluding carboxylic acids is 4. The number of rotatable bonds is 11. The van der Waals surface area contributed by atoms with Gasteiger partial charge in [0.25, 0.3) is 5.91 Å². The zero-order valence-corrected chi connectivity index (χ0v) is 32.8. The summed E-state index contributed by atoms with van der Waals surface area (Å²) in [7, 11) is 0. The summed E-state index contributed by atoms with van der Waals surface area (Å²) in [5.41, 5.74) is 0.598. The van der Waals surface area contributed by atoms with E-state index in [2.05, 4.69) is 4.99 Å². The topological polar surface area (TPSA) is 130 Å². The summed E-state index contributed by atoms with van der Waals surface area (Å²) >= 11 is 0. The van der Waals surface area contributed by atoms with Gasteiger partial charge in [-0.05, 0) is 68.9 Å². The number of aliphatic imine (C=N–C) groups is 1. The van der Waals surface area contributed by atoms with E-state index in [9.17, 15) is 41.5 Å². The molecular weight excluding hydrogens is 772 g/mol. The third kappa shape index (κ3) is 8.99. The third-order valence-electron chi connectivity index (χ3n) is 11.2. The van der Waals surface area contributed by atoms with Crippen molar-refractivity contribution in [1.82, 2.24) is 9.80 Å². The van der Waals surface area contributed by atoms with E-state index in [0.717, 1.165) is 5.56 Å². The molecular formula is C44H44F4N4O7. The van der Waals surface area contributed by atoms with Gasteiger partial charge in [0, 0.05) is 85.5 Å². The van der Waals surface area contributed by atoms with Crippen LogP contribution in [0, 0.1) is 5.82 Å². The summed E-state index contributed by atoms with van der Waals surface area (Å²) in [6.07, 6.45) is -2.15. The predicted molar refractivity (Wildman–Crippen MR) is 211 cm³/mol. The Labute approximate surface area is 337 Å². The first-order valence-electron chi connectivity index (χ1n) is 19.7. The smallest absolute Gasteiger partial charge is 0.417 e. The summed E-state index contributed by atoms with van der Waals surface area (Å²) in [4.78, 5) is 73.4. The summed E-state index contributed by atoms with van der Waals surface area (Å²) < 4.78 is 66.9. The van der Waals surface area contributed by atoms with Crippen LogP contribution in [0.5, 0.6) is 0 Å². The molecule has 0 aliphatic carbocycles. The average molecular weight is 817 g/mol. The Balaban J connectivity index is 0.849. The molecule has 0 atom stereocenters. The summed E-state index contributed by atoms with van der Waals surface area (Å²) in [5.74, 6) is -1.52. The van der Waals surface area contributed by atoms with E-state index in [-0.39, 0.29) is 86.3 Å². The maximum Gasteiger partial charge on any atom is 0.417 e. The SMILES string of the molecule is CC1(C)CCc2cc3c(C(F)(F)F)cc(=O)oc3cc2N1C(=O)CCCCOCCC(=O)N1CCN(C(=O)c2cc(CC3=NCC(=O)c4ccccc43)ccc2F)CC1. The van der Waals surface area contributed by atoms with E-state index in [1.54, 1.807) is 28.0 Å². The summed E-state index contributed by atoms with van der Waals surface area (Å²) in [6, 6.07) is 14.8. The number of hydrogen-bond donors (Lipinski definition) is 0. The highest BCUT2D eigenvalue weighted by molar-refractivity contribution is 6.15. The zero-order chi connectivity index (χ0) is 42.1. The van der Waals surface area contributed by atoms with E-state index in [0.29, 0.717) is 72.9 Å². The van der Waals surface area contributed by atoms with Gasteiger partial charge in [0.1, 0.15) is 17.9 Å². The predicted octanol–water partition coefficient (Wildman–Crippen LogP) is 6.80. The molecule has 0 radical (unpaired) electrons. The maximum atomic E-state index is 14.9. The van der Waals surface area contributed by atoms with Gasteiger partial charge in [0.15, 0.2) is 5.78 Å². The van der Waals surface area contributed by atoms with Crippen molar-refractivity contribution in [1.29, 1.82) is 0 Å². The average Bonchev–Trinajstić information content (AvgIpc) is 3.20. The quantitative estimate of drug-likeness (QED) is 0.0926.